The molecule has 0 fully saturated rings. The van der Waals surface area contributed by atoms with E-state index < -0.39 is 0 Å². The molecule has 1 aliphatic carbocycles. The van der Waals surface area contributed by atoms with Crippen LogP contribution in [0.15, 0.2) is 48.8 Å². The molecular formula is C26H29N7. The molecule has 4 heterocycles. The van der Waals surface area contributed by atoms with E-state index in [2.05, 4.69) is 50.4 Å². The smallest absolute Gasteiger partial charge is 0.183 e. The van der Waals surface area contributed by atoms with Gasteiger partial charge in [0.05, 0.1) is 17.1 Å². The maximum Gasteiger partial charge on any atom is 0.183 e. The van der Waals surface area contributed by atoms with Crippen molar-refractivity contribution < 1.29 is 0 Å². The molecule has 2 atom stereocenters. The molecule has 7 nitrogen and oxygen atoms in total. The van der Waals surface area contributed by atoms with Crippen LogP contribution in [-0.4, -0.2) is 31.7 Å². The molecule has 3 aromatic heterocycles. The molecule has 0 bridgehead atoms. The summed E-state index contributed by atoms with van der Waals surface area (Å²) >= 11 is 0. The fourth-order valence-electron chi connectivity index (χ4n) is 5.44. The van der Waals surface area contributed by atoms with Crippen LogP contribution >= 0.6 is 0 Å². The zero-order chi connectivity index (χ0) is 22.2. The van der Waals surface area contributed by atoms with Crippen molar-refractivity contribution in [2.75, 3.05) is 11.4 Å². The van der Waals surface area contributed by atoms with Gasteiger partial charge in [-0.15, -0.1) is 0 Å². The van der Waals surface area contributed by atoms with Gasteiger partial charge in [-0.1, -0.05) is 24.3 Å². The third-order valence-corrected chi connectivity index (χ3v) is 7.18. The average Bonchev–Trinajstić information content (AvgIpc) is 3.31. The van der Waals surface area contributed by atoms with Gasteiger partial charge < -0.3 is 10.6 Å². The number of aryl methyl sites for hydroxylation is 2. The summed E-state index contributed by atoms with van der Waals surface area (Å²) in [4.78, 5) is 16.6. The number of nitrogens with one attached hydrogen (secondary N) is 1. The topological polar surface area (TPSA) is 96.6 Å². The minimum atomic E-state index is 0.0741. The molecule has 4 aromatic rings. The number of aromatic amines is 1. The Hall–Kier alpha value is -3.32. The van der Waals surface area contributed by atoms with Crippen LogP contribution < -0.4 is 10.6 Å². The van der Waals surface area contributed by atoms with Gasteiger partial charge in [-0.3, -0.25) is 10.1 Å². The standard InChI is InChI=1S/C26H29N7/c27-20-13-12-18(8-3-7-17-6-1-2-9-19(17)20)22-16-29-24-25(30-22)31-32-26(24)33-15-5-10-21-23(33)11-4-14-28-21/h1-2,4,6,9,11,14,16,18,20H,3,5,7-8,10,12-13,15,27H2,(H,30,31,32)/t18-,20+/m1/s1. The second-order valence-corrected chi connectivity index (χ2v) is 9.24. The summed E-state index contributed by atoms with van der Waals surface area (Å²) < 4.78 is 0. The van der Waals surface area contributed by atoms with E-state index >= 15 is 0 Å². The molecule has 2 aliphatic rings. The lowest BCUT2D eigenvalue weighted by Gasteiger charge is -2.28. The largest absolute Gasteiger partial charge is 0.324 e. The number of pyridine rings is 1. The highest BCUT2D eigenvalue weighted by Gasteiger charge is 2.25. The van der Waals surface area contributed by atoms with Crippen LogP contribution in [-0.2, 0) is 12.8 Å². The number of rotatable bonds is 2. The highest BCUT2D eigenvalue weighted by atomic mass is 15.3. The monoisotopic (exact) mass is 439 g/mol. The second kappa shape index (κ2) is 8.56. The molecule has 0 unspecified atom stereocenters. The minimum Gasteiger partial charge on any atom is -0.324 e. The summed E-state index contributed by atoms with van der Waals surface area (Å²) in [5, 5.41) is 7.77. The van der Waals surface area contributed by atoms with Crippen molar-refractivity contribution >= 4 is 22.7 Å². The van der Waals surface area contributed by atoms with Crippen LogP contribution in [0.3, 0.4) is 0 Å². The summed E-state index contributed by atoms with van der Waals surface area (Å²) in [7, 11) is 0. The van der Waals surface area contributed by atoms with Gasteiger partial charge in [0.15, 0.2) is 17.0 Å². The molecule has 7 heteroatoms. The number of nitrogens with zero attached hydrogens (tertiary/aromatic N) is 5. The van der Waals surface area contributed by atoms with Crippen LogP contribution in [0.4, 0.5) is 11.5 Å². The number of H-pyrrole nitrogens is 1. The first-order chi connectivity index (χ1) is 16.3. The molecule has 0 spiro atoms. The molecule has 0 amide bonds. The van der Waals surface area contributed by atoms with E-state index in [1.807, 2.05) is 18.5 Å². The number of hydrogen-bond acceptors (Lipinski definition) is 6. The molecule has 3 N–H and O–H groups in total. The molecule has 1 aromatic carbocycles. The zero-order valence-corrected chi connectivity index (χ0v) is 18.7. The molecule has 0 saturated carbocycles. The summed E-state index contributed by atoms with van der Waals surface area (Å²) in [6, 6.07) is 12.8. The number of benzene rings is 1. The van der Waals surface area contributed by atoms with Crippen LogP contribution in [0.2, 0.25) is 0 Å². The van der Waals surface area contributed by atoms with Crippen molar-refractivity contribution in [3.05, 3.63) is 71.3 Å². The van der Waals surface area contributed by atoms with E-state index in [1.54, 1.807) is 0 Å². The van der Waals surface area contributed by atoms with E-state index in [1.165, 1.54) is 11.1 Å². The van der Waals surface area contributed by atoms with Gasteiger partial charge in [0.25, 0.3) is 0 Å². The first kappa shape index (κ1) is 20.3. The molecule has 0 saturated heterocycles. The van der Waals surface area contributed by atoms with Gasteiger partial charge in [-0.2, -0.15) is 5.10 Å². The lowest BCUT2D eigenvalue weighted by Crippen LogP contribution is -2.25. The first-order valence-electron chi connectivity index (χ1n) is 12.0. The van der Waals surface area contributed by atoms with Gasteiger partial charge in [0.1, 0.15) is 0 Å². The Morgan fingerprint density at radius 1 is 0.970 bits per heavy atom. The maximum atomic E-state index is 6.58. The Morgan fingerprint density at radius 2 is 1.91 bits per heavy atom. The summed E-state index contributed by atoms with van der Waals surface area (Å²) in [6.07, 6.45) is 11.1. The quantitative estimate of drug-likeness (QED) is 0.469. The van der Waals surface area contributed by atoms with Gasteiger partial charge in [-0.25, -0.2) is 9.97 Å². The van der Waals surface area contributed by atoms with Crippen molar-refractivity contribution in [1.29, 1.82) is 0 Å². The van der Waals surface area contributed by atoms with Crippen LogP contribution in [0.5, 0.6) is 0 Å². The van der Waals surface area contributed by atoms with Crippen molar-refractivity contribution in [3.8, 4) is 0 Å². The number of nitrogens with two attached hydrogens (primary N) is 1. The number of hydrogen-bond donors (Lipinski definition) is 2. The highest BCUT2D eigenvalue weighted by molar-refractivity contribution is 5.86. The first-order valence-corrected chi connectivity index (χ1v) is 12.0. The summed E-state index contributed by atoms with van der Waals surface area (Å²) in [6.45, 7) is 0.906. The third kappa shape index (κ3) is 3.76. The average molecular weight is 440 g/mol. The number of aromatic nitrogens is 5. The normalized spacial score (nSPS) is 21.1. The van der Waals surface area contributed by atoms with E-state index in [-0.39, 0.29) is 6.04 Å². The number of fused-ring (bicyclic) bond motifs is 3. The molecule has 33 heavy (non-hydrogen) atoms. The molecular weight excluding hydrogens is 410 g/mol. The van der Waals surface area contributed by atoms with E-state index in [0.29, 0.717) is 5.92 Å². The van der Waals surface area contributed by atoms with Gasteiger partial charge >= 0.3 is 0 Å². The molecule has 0 radical (unpaired) electrons. The zero-order valence-electron chi connectivity index (χ0n) is 18.7. The van der Waals surface area contributed by atoms with Gasteiger partial charge in [0.2, 0.25) is 0 Å². The number of anilines is 2. The second-order valence-electron chi connectivity index (χ2n) is 9.24. The van der Waals surface area contributed by atoms with Gasteiger partial charge in [0, 0.05) is 30.9 Å². The van der Waals surface area contributed by atoms with Crippen molar-refractivity contribution in [1.82, 2.24) is 25.1 Å². The molecule has 1 aliphatic heterocycles. The van der Waals surface area contributed by atoms with Crippen LogP contribution in [0.25, 0.3) is 11.2 Å². The van der Waals surface area contributed by atoms with E-state index in [0.717, 1.165) is 85.5 Å². The summed E-state index contributed by atoms with van der Waals surface area (Å²) in [5.41, 5.74) is 14.1. The highest BCUT2D eigenvalue weighted by Crippen LogP contribution is 2.36. The Balaban J connectivity index is 1.28. The van der Waals surface area contributed by atoms with Crippen molar-refractivity contribution in [2.45, 2.75) is 56.9 Å². The molecule has 6 rings (SSSR count). The Morgan fingerprint density at radius 3 is 2.88 bits per heavy atom. The Bertz CT molecular complexity index is 1280. The van der Waals surface area contributed by atoms with E-state index in [9.17, 15) is 0 Å². The SMILES string of the molecule is N[C@H]1CC[C@H](c2cnc3c(N4CCCc5ncccc54)n[nH]c3n2)CCCc2ccccc21. The fourth-order valence-corrected chi connectivity index (χ4v) is 5.44. The fraction of sp³-hybridized carbons (Fsp3) is 0.385. The maximum absolute atomic E-state index is 6.58. The van der Waals surface area contributed by atoms with E-state index in [4.69, 9.17) is 15.7 Å². The van der Waals surface area contributed by atoms with Crippen LogP contribution in [0, 0.1) is 0 Å². The van der Waals surface area contributed by atoms with Crippen molar-refractivity contribution in [2.24, 2.45) is 5.73 Å². The Labute approximate surface area is 193 Å². The van der Waals surface area contributed by atoms with Gasteiger partial charge in [-0.05, 0) is 68.2 Å². The lowest BCUT2D eigenvalue weighted by atomic mass is 9.92. The summed E-state index contributed by atoms with van der Waals surface area (Å²) in [5.74, 6) is 1.19. The minimum absolute atomic E-state index is 0.0741. The van der Waals surface area contributed by atoms with Crippen molar-refractivity contribution in [3.63, 3.8) is 0 Å². The predicted octanol–water partition coefficient (Wildman–Crippen LogP) is 4.73. The predicted molar refractivity (Wildman–Crippen MR) is 130 cm³/mol. The third-order valence-electron chi connectivity index (χ3n) is 7.18. The lowest BCUT2D eigenvalue weighted by molar-refractivity contribution is 0.501. The molecule has 168 valence electrons. The Kier molecular flexibility index (Phi) is 5.26. The van der Waals surface area contributed by atoms with Crippen LogP contribution in [0.1, 0.15) is 66.6 Å².